The van der Waals surface area contributed by atoms with Crippen LogP contribution in [0, 0.1) is 5.92 Å². The topological polar surface area (TPSA) is 63.7 Å². The van der Waals surface area contributed by atoms with E-state index in [-0.39, 0.29) is 17.2 Å². The third kappa shape index (κ3) is 4.22. The van der Waals surface area contributed by atoms with Crippen molar-refractivity contribution in [2.24, 2.45) is 5.92 Å². The van der Waals surface area contributed by atoms with E-state index in [1.165, 1.54) is 43.5 Å². The summed E-state index contributed by atoms with van der Waals surface area (Å²) in [6, 6.07) is 29.2. The number of carbonyl (C=O) groups is 1. The normalized spacial score (nSPS) is 24.0. The summed E-state index contributed by atoms with van der Waals surface area (Å²) in [5.41, 5.74) is 0.0945. The molecule has 4 aromatic rings. The van der Waals surface area contributed by atoms with Crippen molar-refractivity contribution in [3.8, 4) is 5.75 Å². The molecule has 1 amide bonds. The molecule has 2 aliphatic rings. The molecule has 4 aromatic carbocycles. The molecule has 2 fully saturated rings. The number of amides is 1. The van der Waals surface area contributed by atoms with Crippen LogP contribution < -0.4 is 4.74 Å². The lowest BCUT2D eigenvalue weighted by atomic mass is 9.69. The first-order valence-electron chi connectivity index (χ1n) is 13.1. The fourth-order valence-electron chi connectivity index (χ4n) is 6.61. The molecule has 41 heavy (non-hydrogen) atoms. The Hall–Kier alpha value is -4.11. The van der Waals surface area contributed by atoms with Gasteiger partial charge < -0.3 is 4.74 Å². The summed E-state index contributed by atoms with van der Waals surface area (Å²) in [5, 5.41) is 0. The molecule has 1 saturated heterocycles. The summed E-state index contributed by atoms with van der Waals surface area (Å²) >= 11 is 0. The minimum absolute atomic E-state index is 0.0466. The molecular formula is C32H26F3NO4S. The van der Waals surface area contributed by atoms with Gasteiger partial charge in [0.05, 0.1) is 29.0 Å². The SMILES string of the molecule is COc1ccc(S(=O)(=O)N2C(=O)[C@H]3[C@H](c4ccc(C(F)(F)F)cc4)[C@H](c4ccccc4)C[C@]32c2ccccc2)cc1. The summed E-state index contributed by atoms with van der Waals surface area (Å²) in [6.45, 7) is 0. The number of methoxy groups -OCH3 is 1. The van der Waals surface area contributed by atoms with E-state index in [9.17, 15) is 26.4 Å². The number of rotatable bonds is 6. The zero-order valence-corrected chi connectivity index (χ0v) is 22.8. The molecule has 1 aliphatic carbocycles. The van der Waals surface area contributed by atoms with Gasteiger partial charge in [-0.25, -0.2) is 12.7 Å². The standard InChI is InChI=1S/C32H26F3NO4S/c1-40-25-16-18-26(19-17-25)41(38,39)36-30(37)29-28(22-12-14-24(15-13-22)32(33,34)35)27(21-8-4-2-5-9-21)20-31(29,36)23-10-6-3-7-11-23/h2-19,27-29H,20H2,1H3/t27-,28+,29+,31-/m0/s1. The van der Waals surface area contributed by atoms with Crippen LogP contribution >= 0.6 is 0 Å². The van der Waals surface area contributed by atoms with E-state index in [2.05, 4.69) is 0 Å². The average molecular weight is 578 g/mol. The first-order valence-corrected chi connectivity index (χ1v) is 14.5. The molecule has 0 spiro atoms. The molecule has 4 atom stereocenters. The molecular weight excluding hydrogens is 551 g/mol. The Kier molecular flexibility index (Phi) is 6.45. The van der Waals surface area contributed by atoms with Crippen LogP contribution in [0.15, 0.2) is 114 Å². The number of halogens is 3. The largest absolute Gasteiger partial charge is 0.497 e. The second kappa shape index (κ2) is 9.76. The van der Waals surface area contributed by atoms with Crippen molar-refractivity contribution < 1.29 is 31.1 Å². The van der Waals surface area contributed by atoms with Gasteiger partial charge in [0.2, 0.25) is 5.91 Å². The van der Waals surface area contributed by atoms with Gasteiger partial charge in [-0.05, 0) is 65.4 Å². The summed E-state index contributed by atoms with van der Waals surface area (Å²) in [7, 11) is -2.82. The number of nitrogens with zero attached hydrogens (tertiary/aromatic N) is 1. The molecule has 0 N–H and O–H groups in total. The Balaban J connectivity index is 1.53. The highest BCUT2D eigenvalue weighted by molar-refractivity contribution is 7.89. The predicted octanol–water partition coefficient (Wildman–Crippen LogP) is 6.73. The number of β-lactam (4-membered cyclic amide) rings is 1. The molecule has 5 nitrogen and oxygen atoms in total. The Labute approximate surface area is 236 Å². The lowest BCUT2D eigenvalue weighted by Gasteiger charge is -2.54. The number of benzene rings is 4. The van der Waals surface area contributed by atoms with Crippen molar-refractivity contribution in [3.63, 3.8) is 0 Å². The van der Waals surface area contributed by atoms with Crippen molar-refractivity contribution >= 4 is 15.9 Å². The molecule has 1 saturated carbocycles. The predicted molar refractivity (Wildman–Crippen MR) is 147 cm³/mol. The van der Waals surface area contributed by atoms with E-state index in [0.717, 1.165) is 22.0 Å². The smallest absolute Gasteiger partial charge is 0.416 e. The van der Waals surface area contributed by atoms with E-state index in [1.54, 1.807) is 12.1 Å². The highest BCUT2D eigenvalue weighted by Gasteiger charge is 2.73. The van der Waals surface area contributed by atoms with Crippen LogP contribution in [0.25, 0.3) is 0 Å². The Bertz CT molecular complexity index is 1680. The zero-order chi connectivity index (χ0) is 29.0. The summed E-state index contributed by atoms with van der Waals surface area (Å²) in [6.07, 6.45) is -4.23. The van der Waals surface area contributed by atoms with Crippen molar-refractivity contribution in [3.05, 3.63) is 131 Å². The number of ether oxygens (including phenoxy) is 1. The van der Waals surface area contributed by atoms with Gasteiger partial charge in [0, 0.05) is 5.92 Å². The minimum Gasteiger partial charge on any atom is -0.497 e. The van der Waals surface area contributed by atoms with Crippen LogP contribution in [0.2, 0.25) is 0 Å². The van der Waals surface area contributed by atoms with Crippen molar-refractivity contribution in [1.29, 1.82) is 0 Å². The Morgan fingerprint density at radius 3 is 1.95 bits per heavy atom. The molecule has 0 unspecified atom stereocenters. The van der Waals surface area contributed by atoms with Crippen LogP contribution in [0.3, 0.4) is 0 Å². The maximum Gasteiger partial charge on any atom is 0.416 e. The summed E-state index contributed by atoms with van der Waals surface area (Å²) in [4.78, 5) is 14.0. The zero-order valence-electron chi connectivity index (χ0n) is 22.0. The lowest BCUT2D eigenvalue weighted by Crippen LogP contribution is -2.68. The van der Waals surface area contributed by atoms with Crippen LogP contribution in [0.5, 0.6) is 5.75 Å². The van der Waals surface area contributed by atoms with Gasteiger partial charge in [0.25, 0.3) is 10.0 Å². The van der Waals surface area contributed by atoms with E-state index in [1.807, 2.05) is 48.5 Å². The van der Waals surface area contributed by atoms with Crippen molar-refractivity contribution in [2.45, 2.75) is 34.9 Å². The number of carbonyl (C=O) groups excluding carboxylic acids is 1. The van der Waals surface area contributed by atoms with Crippen LogP contribution in [-0.2, 0) is 26.5 Å². The summed E-state index contributed by atoms with van der Waals surface area (Å²) in [5.74, 6) is -1.79. The number of hydrogen-bond acceptors (Lipinski definition) is 4. The maximum absolute atomic E-state index is 14.1. The quantitative estimate of drug-likeness (QED) is 0.239. The van der Waals surface area contributed by atoms with E-state index >= 15 is 0 Å². The first-order chi connectivity index (χ1) is 19.6. The third-order valence-corrected chi connectivity index (χ3v) is 10.2. The summed E-state index contributed by atoms with van der Waals surface area (Å²) < 4.78 is 74.6. The molecule has 9 heteroatoms. The highest BCUT2D eigenvalue weighted by atomic mass is 32.2. The lowest BCUT2D eigenvalue weighted by molar-refractivity contribution is -0.156. The maximum atomic E-state index is 14.1. The minimum atomic E-state index is -4.50. The third-order valence-electron chi connectivity index (χ3n) is 8.39. The van der Waals surface area contributed by atoms with Gasteiger partial charge >= 0.3 is 6.18 Å². The van der Waals surface area contributed by atoms with Gasteiger partial charge in [-0.3, -0.25) is 4.79 Å². The molecule has 0 radical (unpaired) electrons. The number of hydrogen-bond donors (Lipinski definition) is 0. The number of alkyl halides is 3. The highest BCUT2D eigenvalue weighted by Crippen LogP contribution is 2.67. The van der Waals surface area contributed by atoms with Crippen molar-refractivity contribution in [1.82, 2.24) is 4.31 Å². The molecule has 1 aliphatic heterocycles. The second-order valence-corrected chi connectivity index (χ2v) is 12.2. The molecule has 1 heterocycles. The van der Waals surface area contributed by atoms with Crippen molar-refractivity contribution in [2.75, 3.05) is 7.11 Å². The van der Waals surface area contributed by atoms with Crippen LogP contribution in [0.1, 0.15) is 40.5 Å². The van der Waals surface area contributed by atoms with E-state index < -0.39 is 45.0 Å². The number of fused-ring (bicyclic) bond motifs is 1. The molecule has 0 aromatic heterocycles. The van der Waals surface area contributed by atoms with E-state index in [4.69, 9.17) is 4.74 Å². The number of sulfonamides is 1. The van der Waals surface area contributed by atoms with Crippen LogP contribution in [-0.4, -0.2) is 25.7 Å². The fourth-order valence-corrected chi connectivity index (χ4v) is 8.38. The van der Waals surface area contributed by atoms with Gasteiger partial charge in [0.1, 0.15) is 5.75 Å². The Morgan fingerprint density at radius 2 is 1.39 bits per heavy atom. The molecule has 6 rings (SSSR count). The molecule has 0 bridgehead atoms. The second-order valence-electron chi connectivity index (χ2n) is 10.4. The first kappa shape index (κ1) is 27.1. The van der Waals surface area contributed by atoms with Crippen LogP contribution in [0.4, 0.5) is 13.2 Å². The average Bonchev–Trinajstić information content (AvgIpc) is 3.29. The van der Waals surface area contributed by atoms with Gasteiger partial charge in [-0.15, -0.1) is 0 Å². The molecule has 210 valence electrons. The Morgan fingerprint density at radius 1 is 0.805 bits per heavy atom. The van der Waals surface area contributed by atoms with Gasteiger partial charge in [-0.1, -0.05) is 72.8 Å². The van der Waals surface area contributed by atoms with E-state index in [0.29, 0.717) is 16.9 Å². The van der Waals surface area contributed by atoms with Gasteiger partial charge in [0.15, 0.2) is 0 Å². The van der Waals surface area contributed by atoms with Gasteiger partial charge in [-0.2, -0.15) is 13.2 Å². The monoisotopic (exact) mass is 577 g/mol. The fraction of sp³-hybridized carbons (Fsp3) is 0.219.